The van der Waals surface area contributed by atoms with Crippen molar-refractivity contribution in [2.24, 2.45) is 0 Å². The van der Waals surface area contributed by atoms with E-state index in [1.54, 1.807) is 24.3 Å². The van der Waals surface area contributed by atoms with Gasteiger partial charge in [0.15, 0.2) is 0 Å². The lowest BCUT2D eigenvalue weighted by Crippen LogP contribution is -2.02. The maximum Gasteiger partial charge on any atom is 0.226 e. The van der Waals surface area contributed by atoms with Crippen LogP contribution in [0.3, 0.4) is 0 Å². The van der Waals surface area contributed by atoms with Crippen molar-refractivity contribution in [2.75, 3.05) is 6.61 Å². The van der Waals surface area contributed by atoms with Crippen LogP contribution in [0, 0.1) is 13.8 Å². The van der Waals surface area contributed by atoms with E-state index in [4.69, 9.17) is 9.15 Å². The number of carbonyl (C=O) groups excluding carboxylic acids is 1. The molecule has 122 valence electrons. The van der Waals surface area contributed by atoms with E-state index in [9.17, 15) is 4.79 Å². The van der Waals surface area contributed by atoms with Gasteiger partial charge in [0.05, 0.1) is 12.3 Å². The Morgan fingerprint density at radius 2 is 1.92 bits per heavy atom. The first-order valence-corrected chi connectivity index (χ1v) is 7.87. The lowest BCUT2D eigenvalue weighted by Gasteiger charge is -2.04. The van der Waals surface area contributed by atoms with E-state index in [1.807, 2.05) is 32.0 Å². The Morgan fingerprint density at radius 3 is 2.62 bits per heavy atom. The van der Waals surface area contributed by atoms with Crippen LogP contribution < -0.4 is 4.74 Å². The largest absolute Gasteiger partial charge is 0.493 e. The second kappa shape index (κ2) is 7.13. The molecule has 0 spiro atoms. The first-order chi connectivity index (χ1) is 11.7. The number of aldehydes is 1. The Bertz CT molecular complexity index is 834. The number of rotatable bonds is 6. The SMILES string of the molecule is Cc1cccc(-c2nc(CCOc3ccc(C=O)cc3)c(C)o2)c1. The molecule has 4 nitrogen and oxygen atoms in total. The van der Waals surface area contributed by atoms with Gasteiger partial charge in [0.2, 0.25) is 5.89 Å². The molecule has 3 aromatic rings. The van der Waals surface area contributed by atoms with Crippen molar-refractivity contribution in [3.05, 3.63) is 71.1 Å². The highest BCUT2D eigenvalue weighted by Crippen LogP contribution is 2.23. The first kappa shape index (κ1) is 16.0. The van der Waals surface area contributed by atoms with E-state index in [2.05, 4.69) is 11.1 Å². The van der Waals surface area contributed by atoms with E-state index in [0.717, 1.165) is 29.1 Å². The fourth-order valence-corrected chi connectivity index (χ4v) is 2.47. The van der Waals surface area contributed by atoms with E-state index in [1.165, 1.54) is 5.56 Å². The Balaban J connectivity index is 1.64. The zero-order valence-corrected chi connectivity index (χ0v) is 13.8. The number of oxazole rings is 1. The van der Waals surface area contributed by atoms with Gasteiger partial charge in [-0.25, -0.2) is 4.98 Å². The molecule has 0 aliphatic rings. The van der Waals surface area contributed by atoms with E-state index >= 15 is 0 Å². The van der Waals surface area contributed by atoms with E-state index < -0.39 is 0 Å². The summed E-state index contributed by atoms with van der Waals surface area (Å²) in [5.74, 6) is 2.19. The third kappa shape index (κ3) is 3.71. The number of hydrogen-bond acceptors (Lipinski definition) is 4. The molecular formula is C20H19NO3. The zero-order chi connectivity index (χ0) is 16.9. The normalized spacial score (nSPS) is 10.6. The molecule has 0 unspecified atom stereocenters. The van der Waals surface area contributed by atoms with Gasteiger partial charge >= 0.3 is 0 Å². The second-order valence-electron chi connectivity index (χ2n) is 5.68. The Kier molecular flexibility index (Phi) is 4.75. The highest BCUT2D eigenvalue weighted by molar-refractivity contribution is 5.74. The van der Waals surface area contributed by atoms with Crippen molar-refractivity contribution >= 4 is 6.29 Å². The smallest absolute Gasteiger partial charge is 0.226 e. The highest BCUT2D eigenvalue weighted by Gasteiger charge is 2.11. The average Bonchev–Trinajstić information content (AvgIpc) is 2.97. The number of aryl methyl sites for hydroxylation is 2. The molecule has 0 aliphatic carbocycles. The standard InChI is InChI=1S/C20H19NO3/c1-14-4-3-5-17(12-14)20-21-19(15(2)24-20)10-11-23-18-8-6-16(13-22)7-9-18/h3-9,12-13H,10-11H2,1-2H3. The summed E-state index contributed by atoms with van der Waals surface area (Å²) >= 11 is 0. The van der Waals surface area contributed by atoms with Gasteiger partial charge in [-0.15, -0.1) is 0 Å². The molecule has 0 fully saturated rings. The number of ether oxygens (including phenoxy) is 1. The van der Waals surface area contributed by atoms with Crippen LogP contribution in [-0.4, -0.2) is 17.9 Å². The van der Waals surface area contributed by atoms with Crippen molar-refractivity contribution in [3.63, 3.8) is 0 Å². The summed E-state index contributed by atoms with van der Waals surface area (Å²) in [6.07, 6.45) is 1.48. The molecule has 0 saturated carbocycles. The lowest BCUT2D eigenvalue weighted by atomic mass is 10.1. The first-order valence-electron chi connectivity index (χ1n) is 7.87. The molecule has 0 bridgehead atoms. The third-order valence-corrected chi connectivity index (χ3v) is 3.78. The quantitative estimate of drug-likeness (QED) is 0.632. The highest BCUT2D eigenvalue weighted by atomic mass is 16.5. The summed E-state index contributed by atoms with van der Waals surface area (Å²) in [5.41, 5.74) is 3.69. The summed E-state index contributed by atoms with van der Waals surface area (Å²) in [7, 11) is 0. The predicted molar refractivity (Wildman–Crippen MR) is 92.4 cm³/mol. The van der Waals surface area contributed by atoms with E-state index in [-0.39, 0.29) is 0 Å². The van der Waals surface area contributed by atoms with E-state index in [0.29, 0.717) is 24.5 Å². The number of carbonyl (C=O) groups is 1. The van der Waals surface area contributed by atoms with Gasteiger partial charge < -0.3 is 9.15 Å². The van der Waals surface area contributed by atoms with Gasteiger partial charge in [-0.1, -0.05) is 17.7 Å². The Morgan fingerprint density at radius 1 is 1.12 bits per heavy atom. The maximum atomic E-state index is 10.6. The monoisotopic (exact) mass is 321 g/mol. The van der Waals surface area contributed by atoms with Gasteiger partial charge in [0, 0.05) is 17.5 Å². The number of aromatic nitrogens is 1. The molecule has 0 radical (unpaired) electrons. The summed E-state index contributed by atoms with van der Waals surface area (Å²) in [5, 5.41) is 0. The summed E-state index contributed by atoms with van der Waals surface area (Å²) in [6.45, 7) is 4.46. The fraction of sp³-hybridized carbons (Fsp3) is 0.200. The summed E-state index contributed by atoms with van der Waals surface area (Å²) in [6, 6.07) is 15.1. The van der Waals surface area contributed by atoms with Crippen LogP contribution in [0.15, 0.2) is 52.9 Å². The molecule has 2 aromatic carbocycles. The minimum absolute atomic E-state index is 0.501. The van der Waals surface area contributed by atoms with Crippen LogP contribution in [-0.2, 0) is 6.42 Å². The van der Waals surface area contributed by atoms with Gasteiger partial charge in [-0.05, 0) is 50.2 Å². The van der Waals surface area contributed by atoms with Gasteiger partial charge in [-0.2, -0.15) is 0 Å². The van der Waals surface area contributed by atoms with Crippen molar-refractivity contribution in [1.29, 1.82) is 0 Å². The molecule has 4 heteroatoms. The molecule has 3 rings (SSSR count). The van der Waals surface area contributed by atoms with Crippen LogP contribution in [0.25, 0.3) is 11.5 Å². The third-order valence-electron chi connectivity index (χ3n) is 3.78. The molecule has 0 aliphatic heterocycles. The van der Waals surface area contributed by atoms with Crippen molar-refractivity contribution in [3.8, 4) is 17.2 Å². The predicted octanol–water partition coefficient (Wildman–Crippen LogP) is 4.39. The topological polar surface area (TPSA) is 52.3 Å². The van der Waals surface area contributed by atoms with Crippen molar-refractivity contribution in [1.82, 2.24) is 4.98 Å². The molecular weight excluding hydrogens is 302 g/mol. The summed E-state index contributed by atoms with van der Waals surface area (Å²) in [4.78, 5) is 15.2. The second-order valence-corrected chi connectivity index (χ2v) is 5.68. The van der Waals surface area contributed by atoms with Gasteiger partial charge in [0.1, 0.15) is 17.8 Å². The van der Waals surface area contributed by atoms with Crippen LogP contribution in [0.2, 0.25) is 0 Å². The fourth-order valence-electron chi connectivity index (χ4n) is 2.47. The van der Waals surface area contributed by atoms with Crippen LogP contribution in [0.1, 0.15) is 27.4 Å². The molecule has 0 saturated heterocycles. The van der Waals surface area contributed by atoms with Crippen molar-refractivity contribution in [2.45, 2.75) is 20.3 Å². The van der Waals surface area contributed by atoms with Gasteiger partial charge in [-0.3, -0.25) is 4.79 Å². The Hall–Kier alpha value is -2.88. The van der Waals surface area contributed by atoms with Crippen LogP contribution >= 0.6 is 0 Å². The Labute approximate surface area is 141 Å². The molecule has 0 atom stereocenters. The number of benzene rings is 2. The number of hydrogen-bond donors (Lipinski definition) is 0. The molecule has 0 N–H and O–H groups in total. The van der Waals surface area contributed by atoms with Crippen molar-refractivity contribution < 1.29 is 13.9 Å². The van der Waals surface area contributed by atoms with Gasteiger partial charge in [0.25, 0.3) is 0 Å². The van der Waals surface area contributed by atoms with Crippen LogP contribution in [0.4, 0.5) is 0 Å². The number of nitrogens with zero attached hydrogens (tertiary/aromatic N) is 1. The zero-order valence-electron chi connectivity index (χ0n) is 13.8. The summed E-state index contributed by atoms with van der Waals surface area (Å²) < 4.78 is 11.5. The molecule has 1 heterocycles. The molecule has 0 amide bonds. The minimum Gasteiger partial charge on any atom is -0.493 e. The minimum atomic E-state index is 0.501. The lowest BCUT2D eigenvalue weighted by molar-refractivity contribution is 0.112. The molecule has 1 aromatic heterocycles. The van der Waals surface area contributed by atoms with Crippen LogP contribution in [0.5, 0.6) is 5.75 Å². The molecule has 24 heavy (non-hydrogen) atoms. The maximum absolute atomic E-state index is 10.6. The average molecular weight is 321 g/mol.